The van der Waals surface area contributed by atoms with Gasteiger partial charge in [0.15, 0.2) is 0 Å². The van der Waals surface area contributed by atoms with Crippen molar-refractivity contribution in [2.45, 2.75) is 45.7 Å². The average Bonchev–Trinajstić information content (AvgIpc) is 3.15. The number of hydrogen-bond donors (Lipinski definition) is 1. The van der Waals surface area contributed by atoms with Gasteiger partial charge in [-0.3, -0.25) is 0 Å². The molecule has 0 unspecified atom stereocenters. The van der Waals surface area contributed by atoms with Crippen LogP contribution in [0.15, 0.2) is 18.2 Å². The van der Waals surface area contributed by atoms with Gasteiger partial charge in [0.1, 0.15) is 5.75 Å². The van der Waals surface area contributed by atoms with Gasteiger partial charge in [-0.05, 0) is 30.0 Å². The highest BCUT2D eigenvalue weighted by Crippen LogP contribution is 2.30. The van der Waals surface area contributed by atoms with E-state index < -0.39 is 0 Å². The van der Waals surface area contributed by atoms with E-state index in [0.29, 0.717) is 5.92 Å². The Bertz CT molecular complexity index is 722. The highest BCUT2D eigenvalue weighted by atomic mass is 16.5. The van der Waals surface area contributed by atoms with E-state index in [9.17, 15) is 0 Å². The maximum atomic E-state index is 5.59. The molecular formula is C19H27N3O2. The molecule has 0 aliphatic carbocycles. The summed E-state index contributed by atoms with van der Waals surface area (Å²) in [7, 11) is 3.63. The van der Waals surface area contributed by atoms with Crippen molar-refractivity contribution in [1.82, 2.24) is 15.1 Å². The highest BCUT2D eigenvalue weighted by molar-refractivity contribution is 5.41. The molecular weight excluding hydrogens is 302 g/mol. The average molecular weight is 329 g/mol. The van der Waals surface area contributed by atoms with Gasteiger partial charge in [-0.15, -0.1) is 0 Å². The van der Waals surface area contributed by atoms with E-state index in [1.807, 2.05) is 11.7 Å². The van der Waals surface area contributed by atoms with Crippen molar-refractivity contribution in [3.05, 3.63) is 40.6 Å². The van der Waals surface area contributed by atoms with E-state index in [1.54, 1.807) is 7.11 Å². The monoisotopic (exact) mass is 329 g/mol. The Morgan fingerprint density at radius 3 is 2.83 bits per heavy atom. The van der Waals surface area contributed by atoms with Crippen LogP contribution in [0.25, 0.3) is 0 Å². The second-order valence-electron chi connectivity index (χ2n) is 6.72. The molecule has 0 radical (unpaired) electrons. The van der Waals surface area contributed by atoms with Gasteiger partial charge in [0, 0.05) is 26.1 Å². The van der Waals surface area contributed by atoms with E-state index in [2.05, 4.69) is 49.4 Å². The third kappa shape index (κ3) is 3.13. The van der Waals surface area contributed by atoms with Crippen LogP contribution < -0.4 is 14.8 Å². The quantitative estimate of drug-likeness (QED) is 0.883. The van der Waals surface area contributed by atoms with Gasteiger partial charge in [0.25, 0.3) is 0 Å². The SMILES string of the molecule is COc1c(CN[C@@H](C)c2ccc3c(c2)CCO3)c(C(C)C)nn1C. The first kappa shape index (κ1) is 16.8. The standard InChI is InChI=1S/C19H27N3O2/c1-12(2)18-16(19(23-5)22(4)21-18)11-20-13(3)14-6-7-17-15(10-14)8-9-24-17/h6-7,10,12-13,20H,8-9,11H2,1-5H3/t13-/m0/s1. The van der Waals surface area contributed by atoms with Crippen molar-refractivity contribution in [1.29, 1.82) is 0 Å². The van der Waals surface area contributed by atoms with Crippen LogP contribution in [0, 0.1) is 0 Å². The molecule has 2 aromatic rings. The van der Waals surface area contributed by atoms with Gasteiger partial charge in [0.05, 0.1) is 25.0 Å². The first-order valence-electron chi connectivity index (χ1n) is 8.60. The zero-order chi connectivity index (χ0) is 17.3. The molecule has 0 saturated carbocycles. The van der Waals surface area contributed by atoms with E-state index in [-0.39, 0.29) is 6.04 Å². The lowest BCUT2D eigenvalue weighted by molar-refractivity contribution is 0.356. The van der Waals surface area contributed by atoms with Crippen LogP contribution >= 0.6 is 0 Å². The highest BCUT2D eigenvalue weighted by Gasteiger charge is 2.20. The van der Waals surface area contributed by atoms with Crippen molar-refractivity contribution in [3.8, 4) is 11.6 Å². The molecule has 5 nitrogen and oxygen atoms in total. The van der Waals surface area contributed by atoms with Crippen molar-refractivity contribution in [3.63, 3.8) is 0 Å². The summed E-state index contributed by atoms with van der Waals surface area (Å²) >= 11 is 0. The zero-order valence-corrected chi connectivity index (χ0v) is 15.2. The molecule has 1 aliphatic heterocycles. The second kappa shape index (κ2) is 6.85. The van der Waals surface area contributed by atoms with Gasteiger partial charge in [-0.25, -0.2) is 4.68 Å². The minimum atomic E-state index is 0.251. The summed E-state index contributed by atoms with van der Waals surface area (Å²) in [6.07, 6.45) is 1.00. The number of nitrogens with zero attached hydrogens (tertiary/aromatic N) is 2. The third-order valence-corrected chi connectivity index (χ3v) is 4.66. The number of hydrogen-bond acceptors (Lipinski definition) is 4. The number of ether oxygens (including phenoxy) is 2. The minimum absolute atomic E-state index is 0.251. The zero-order valence-electron chi connectivity index (χ0n) is 15.2. The van der Waals surface area contributed by atoms with Crippen molar-refractivity contribution in [2.24, 2.45) is 7.05 Å². The van der Waals surface area contributed by atoms with E-state index in [4.69, 9.17) is 9.47 Å². The first-order chi connectivity index (χ1) is 11.5. The Balaban J connectivity index is 1.76. The summed E-state index contributed by atoms with van der Waals surface area (Å²) in [5.41, 5.74) is 4.83. The molecule has 1 N–H and O–H groups in total. The smallest absolute Gasteiger partial charge is 0.216 e. The molecule has 0 fully saturated rings. The van der Waals surface area contributed by atoms with Gasteiger partial charge in [-0.2, -0.15) is 5.10 Å². The molecule has 0 amide bonds. The van der Waals surface area contributed by atoms with E-state index in [0.717, 1.165) is 42.5 Å². The Labute approximate surface area is 144 Å². The summed E-state index contributed by atoms with van der Waals surface area (Å²) in [6, 6.07) is 6.73. The number of benzene rings is 1. The number of fused-ring (bicyclic) bond motifs is 1. The minimum Gasteiger partial charge on any atom is -0.493 e. The molecule has 1 aromatic carbocycles. The first-order valence-corrected chi connectivity index (χ1v) is 8.60. The molecule has 0 bridgehead atoms. The Hall–Kier alpha value is -2.01. The van der Waals surface area contributed by atoms with Crippen molar-refractivity contribution < 1.29 is 9.47 Å². The van der Waals surface area contributed by atoms with Gasteiger partial charge < -0.3 is 14.8 Å². The molecule has 1 aliphatic rings. The Kier molecular flexibility index (Phi) is 4.81. The van der Waals surface area contributed by atoms with Crippen molar-refractivity contribution >= 4 is 0 Å². The van der Waals surface area contributed by atoms with Crippen LogP contribution in [-0.2, 0) is 20.0 Å². The summed E-state index contributed by atoms with van der Waals surface area (Å²) in [4.78, 5) is 0. The lowest BCUT2D eigenvalue weighted by Crippen LogP contribution is -2.19. The summed E-state index contributed by atoms with van der Waals surface area (Å²) in [5.74, 6) is 2.23. The molecule has 2 heterocycles. The van der Waals surface area contributed by atoms with Gasteiger partial charge in [0.2, 0.25) is 5.88 Å². The second-order valence-corrected chi connectivity index (χ2v) is 6.72. The summed E-state index contributed by atoms with van der Waals surface area (Å²) in [6.45, 7) is 8.05. The van der Waals surface area contributed by atoms with E-state index in [1.165, 1.54) is 11.1 Å². The molecule has 0 saturated heterocycles. The predicted molar refractivity (Wildman–Crippen MR) is 94.7 cm³/mol. The van der Waals surface area contributed by atoms with Crippen LogP contribution in [0.2, 0.25) is 0 Å². The lowest BCUT2D eigenvalue weighted by atomic mass is 10.0. The largest absolute Gasteiger partial charge is 0.493 e. The molecule has 130 valence electrons. The van der Waals surface area contributed by atoms with Crippen LogP contribution in [0.1, 0.15) is 55.1 Å². The molecule has 1 atom stereocenters. The van der Waals surface area contributed by atoms with Crippen LogP contribution in [0.5, 0.6) is 11.6 Å². The van der Waals surface area contributed by atoms with Crippen LogP contribution in [0.3, 0.4) is 0 Å². The Morgan fingerprint density at radius 1 is 1.33 bits per heavy atom. The molecule has 0 spiro atoms. The fraction of sp³-hybridized carbons (Fsp3) is 0.526. The molecule has 5 heteroatoms. The normalized spacial score (nSPS) is 14.6. The predicted octanol–water partition coefficient (Wildman–Crippen LogP) is 3.34. The maximum absolute atomic E-state index is 5.59. The third-order valence-electron chi connectivity index (χ3n) is 4.66. The number of methoxy groups -OCH3 is 1. The van der Waals surface area contributed by atoms with Crippen LogP contribution in [-0.4, -0.2) is 23.5 Å². The maximum Gasteiger partial charge on any atom is 0.216 e. The summed E-state index contributed by atoms with van der Waals surface area (Å²) < 4.78 is 13.0. The number of aryl methyl sites for hydroxylation is 1. The van der Waals surface area contributed by atoms with Crippen LogP contribution in [0.4, 0.5) is 0 Å². The van der Waals surface area contributed by atoms with Crippen molar-refractivity contribution in [2.75, 3.05) is 13.7 Å². The molecule has 1 aromatic heterocycles. The number of rotatable bonds is 6. The fourth-order valence-corrected chi connectivity index (χ4v) is 3.31. The number of nitrogens with one attached hydrogen (secondary N) is 1. The van der Waals surface area contributed by atoms with E-state index >= 15 is 0 Å². The summed E-state index contributed by atoms with van der Waals surface area (Å²) in [5, 5.41) is 8.23. The molecule has 24 heavy (non-hydrogen) atoms. The topological polar surface area (TPSA) is 48.3 Å². The fourth-order valence-electron chi connectivity index (χ4n) is 3.31. The number of aromatic nitrogens is 2. The van der Waals surface area contributed by atoms with Gasteiger partial charge in [-0.1, -0.05) is 26.0 Å². The lowest BCUT2D eigenvalue weighted by Gasteiger charge is -2.16. The Morgan fingerprint density at radius 2 is 2.12 bits per heavy atom. The molecule has 3 rings (SSSR count). The van der Waals surface area contributed by atoms with Gasteiger partial charge >= 0.3 is 0 Å².